The predicted octanol–water partition coefficient (Wildman–Crippen LogP) is 5.62. The number of amides is 2. The molecular formula is C36H41N5O3. The Hall–Kier alpha value is -4.56. The van der Waals surface area contributed by atoms with Crippen LogP contribution in [-0.4, -0.2) is 68.9 Å². The molecule has 0 unspecified atom stereocenters. The first-order valence-corrected chi connectivity index (χ1v) is 15.5. The van der Waals surface area contributed by atoms with Crippen LogP contribution >= 0.6 is 0 Å². The normalized spacial score (nSPS) is 15.0. The summed E-state index contributed by atoms with van der Waals surface area (Å²) in [5, 5.41) is 15.5. The van der Waals surface area contributed by atoms with Crippen molar-refractivity contribution in [3.05, 3.63) is 101 Å². The van der Waals surface area contributed by atoms with E-state index in [0.29, 0.717) is 32.0 Å². The minimum absolute atomic E-state index is 0.0147. The van der Waals surface area contributed by atoms with Gasteiger partial charge in [-0.25, -0.2) is 0 Å². The van der Waals surface area contributed by atoms with E-state index in [0.717, 1.165) is 64.4 Å². The number of nitrogens with zero attached hydrogens (tertiary/aromatic N) is 2. The Morgan fingerprint density at radius 2 is 1.68 bits per heavy atom. The molecule has 0 aliphatic carbocycles. The lowest BCUT2D eigenvalue weighted by molar-refractivity contribution is -0.131. The number of rotatable bonds is 10. The van der Waals surface area contributed by atoms with Gasteiger partial charge in [0.25, 0.3) is 0 Å². The number of benzene rings is 3. The highest BCUT2D eigenvalue weighted by atomic mass is 16.3. The maximum atomic E-state index is 13.5. The standard InChI is InChI=1S/C36H41N5O3/c1-24-7-3-4-8-27(24)21-41(25(2)42)22-29(17-28-19-37-34-10-6-5-9-31(28)34)39-36(44)23-40-15-13-26(14-16-40)33-20-38-35-12-11-30(43)18-32(33)35/h3-12,18-20,26,29,37-38,43H,13-17,21-23H2,1-2H3,(H,39,44)/t29-/m1/s1. The number of nitrogens with one attached hydrogen (secondary N) is 3. The zero-order valence-corrected chi connectivity index (χ0v) is 25.5. The van der Waals surface area contributed by atoms with Gasteiger partial charge in [0.05, 0.1) is 12.6 Å². The number of carbonyl (C=O) groups excluding carboxylic acids is 2. The average molecular weight is 592 g/mol. The van der Waals surface area contributed by atoms with Crippen molar-refractivity contribution in [1.29, 1.82) is 0 Å². The number of phenolic OH excluding ortho intramolecular Hbond substituents is 1. The van der Waals surface area contributed by atoms with E-state index in [2.05, 4.69) is 57.6 Å². The number of likely N-dealkylation sites (tertiary alicyclic amines) is 1. The smallest absolute Gasteiger partial charge is 0.234 e. The van der Waals surface area contributed by atoms with Crippen LogP contribution in [0.4, 0.5) is 0 Å². The van der Waals surface area contributed by atoms with E-state index in [1.54, 1.807) is 13.0 Å². The molecule has 1 saturated heterocycles. The monoisotopic (exact) mass is 591 g/mol. The number of piperidine rings is 1. The zero-order valence-electron chi connectivity index (χ0n) is 25.5. The van der Waals surface area contributed by atoms with Gasteiger partial charge in [0.15, 0.2) is 0 Å². The van der Waals surface area contributed by atoms with Gasteiger partial charge in [-0.3, -0.25) is 14.5 Å². The molecule has 1 fully saturated rings. The molecule has 8 nitrogen and oxygen atoms in total. The summed E-state index contributed by atoms with van der Waals surface area (Å²) >= 11 is 0. The minimum Gasteiger partial charge on any atom is -0.508 e. The summed E-state index contributed by atoms with van der Waals surface area (Å²) in [6, 6.07) is 21.5. The number of aromatic nitrogens is 2. The summed E-state index contributed by atoms with van der Waals surface area (Å²) < 4.78 is 0. The molecule has 1 atom stereocenters. The second-order valence-electron chi connectivity index (χ2n) is 12.2. The maximum absolute atomic E-state index is 13.5. The van der Waals surface area contributed by atoms with Crippen LogP contribution in [0.3, 0.4) is 0 Å². The lowest BCUT2D eigenvalue weighted by Gasteiger charge is -2.32. The third kappa shape index (κ3) is 6.65. The molecule has 0 bridgehead atoms. The molecule has 1 aliphatic heterocycles. The quantitative estimate of drug-likeness (QED) is 0.169. The van der Waals surface area contributed by atoms with Crippen LogP contribution in [0.25, 0.3) is 21.8 Å². The lowest BCUT2D eigenvalue weighted by atomic mass is 9.89. The van der Waals surface area contributed by atoms with E-state index in [-0.39, 0.29) is 23.6 Å². The SMILES string of the molecule is CC(=O)N(Cc1ccccc1C)C[C@@H](Cc1c[nH]c2ccccc12)NC(=O)CN1CCC(c2c[nH]c3ccc(O)cc23)CC1. The van der Waals surface area contributed by atoms with E-state index < -0.39 is 0 Å². The van der Waals surface area contributed by atoms with E-state index >= 15 is 0 Å². The summed E-state index contributed by atoms with van der Waals surface area (Å²) in [5.74, 6) is 0.616. The van der Waals surface area contributed by atoms with Gasteiger partial charge in [-0.2, -0.15) is 0 Å². The van der Waals surface area contributed by atoms with Crippen LogP contribution in [0.1, 0.15) is 47.9 Å². The van der Waals surface area contributed by atoms with Gasteiger partial charge >= 0.3 is 0 Å². The average Bonchev–Trinajstić information content (AvgIpc) is 3.62. The summed E-state index contributed by atoms with van der Waals surface area (Å²) in [6.45, 7) is 6.55. The first kappa shape index (κ1) is 29.5. The fraction of sp³-hybridized carbons (Fsp3) is 0.333. The number of para-hydroxylation sites is 1. The first-order chi connectivity index (χ1) is 21.3. The van der Waals surface area contributed by atoms with Gasteiger partial charge in [0.1, 0.15) is 5.75 Å². The fourth-order valence-electron chi connectivity index (χ4n) is 6.64. The van der Waals surface area contributed by atoms with E-state index in [9.17, 15) is 14.7 Å². The largest absolute Gasteiger partial charge is 0.508 e. The number of H-pyrrole nitrogens is 2. The molecule has 228 valence electrons. The van der Waals surface area contributed by atoms with Crippen molar-refractivity contribution in [2.24, 2.45) is 0 Å². The van der Waals surface area contributed by atoms with Crippen LogP contribution in [0.5, 0.6) is 5.75 Å². The molecule has 3 heterocycles. The number of aromatic hydroxyl groups is 1. The number of hydrogen-bond donors (Lipinski definition) is 4. The van der Waals surface area contributed by atoms with Crippen molar-refractivity contribution in [3.63, 3.8) is 0 Å². The molecule has 4 N–H and O–H groups in total. The predicted molar refractivity (Wildman–Crippen MR) is 175 cm³/mol. The molecule has 44 heavy (non-hydrogen) atoms. The fourth-order valence-corrected chi connectivity index (χ4v) is 6.64. The van der Waals surface area contributed by atoms with Crippen LogP contribution < -0.4 is 5.32 Å². The molecule has 1 aliphatic rings. The number of aromatic amines is 2. The topological polar surface area (TPSA) is 104 Å². The minimum atomic E-state index is -0.244. The van der Waals surface area contributed by atoms with Gasteiger partial charge < -0.3 is 25.3 Å². The van der Waals surface area contributed by atoms with Gasteiger partial charge in [-0.15, -0.1) is 0 Å². The summed E-state index contributed by atoms with van der Waals surface area (Å²) in [4.78, 5) is 37.1. The molecule has 0 radical (unpaired) electrons. The summed E-state index contributed by atoms with van der Waals surface area (Å²) in [7, 11) is 0. The Kier molecular flexibility index (Phi) is 8.70. The molecule has 2 aromatic heterocycles. The Bertz CT molecular complexity index is 1760. The third-order valence-corrected chi connectivity index (χ3v) is 9.11. The van der Waals surface area contributed by atoms with Crippen molar-refractivity contribution in [3.8, 4) is 5.75 Å². The maximum Gasteiger partial charge on any atom is 0.234 e. The van der Waals surface area contributed by atoms with Crippen molar-refractivity contribution < 1.29 is 14.7 Å². The molecule has 3 aromatic carbocycles. The lowest BCUT2D eigenvalue weighted by Crippen LogP contribution is -2.49. The Morgan fingerprint density at radius 3 is 2.48 bits per heavy atom. The van der Waals surface area contributed by atoms with Gasteiger partial charge in [0, 0.05) is 54.2 Å². The Morgan fingerprint density at radius 1 is 0.955 bits per heavy atom. The Balaban J connectivity index is 1.13. The first-order valence-electron chi connectivity index (χ1n) is 15.5. The second-order valence-corrected chi connectivity index (χ2v) is 12.2. The molecule has 8 heteroatoms. The number of fused-ring (bicyclic) bond motifs is 2. The molecule has 0 spiro atoms. The molecule has 2 amide bonds. The van der Waals surface area contributed by atoms with Crippen molar-refractivity contribution in [1.82, 2.24) is 25.1 Å². The second kappa shape index (κ2) is 13.0. The summed E-state index contributed by atoms with van der Waals surface area (Å²) in [5.41, 5.74) is 6.69. The van der Waals surface area contributed by atoms with Gasteiger partial charge in [-0.1, -0.05) is 42.5 Å². The van der Waals surface area contributed by atoms with Crippen LogP contribution in [-0.2, 0) is 22.6 Å². The van der Waals surface area contributed by atoms with E-state index in [4.69, 9.17) is 0 Å². The van der Waals surface area contributed by atoms with Crippen molar-refractivity contribution >= 4 is 33.6 Å². The number of carbonyl (C=O) groups is 2. The number of hydrogen-bond acceptors (Lipinski definition) is 4. The van der Waals surface area contributed by atoms with Crippen LogP contribution in [0, 0.1) is 6.92 Å². The highest BCUT2D eigenvalue weighted by molar-refractivity contribution is 5.85. The van der Waals surface area contributed by atoms with Crippen molar-refractivity contribution in [2.75, 3.05) is 26.2 Å². The number of phenols is 1. The highest BCUT2D eigenvalue weighted by Crippen LogP contribution is 2.34. The van der Waals surface area contributed by atoms with Crippen LogP contribution in [0.15, 0.2) is 79.1 Å². The summed E-state index contributed by atoms with van der Waals surface area (Å²) in [6.07, 6.45) is 6.58. The molecule has 0 saturated carbocycles. The van der Waals surface area contributed by atoms with Gasteiger partial charge in [0.2, 0.25) is 11.8 Å². The highest BCUT2D eigenvalue weighted by Gasteiger charge is 2.26. The van der Waals surface area contributed by atoms with Gasteiger partial charge in [-0.05, 0) is 91.7 Å². The molecular weight excluding hydrogens is 550 g/mol. The zero-order chi connectivity index (χ0) is 30.6. The molecule has 5 aromatic rings. The van der Waals surface area contributed by atoms with Crippen LogP contribution in [0.2, 0.25) is 0 Å². The van der Waals surface area contributed by atoms with E-state index in [1.807, 2.05) is 47.5 Å². The third-order valence-electron chi connectivity index (χ3n) is 9.11. The van der Waals surface area contributed by atoms with Crippen molar-refractivity contribution in [2.45, 2.75) is 51.6 Å². The Labute approximate surface area is 258 Å². The van der Waals surface area contributed by atoms with E-state index in [1.165, 1.54) is 5.56 Å². The molecule has 6 rings (SSSR count). The number of aryl methyl sites for hydroxylation is 1.